The van der Waals surface area contributed by atoms with E-state index in [1.54, 1.807) is 6.20 Å². The predicted molar refractivity (Wildman–Crippen MR) is 63.1 cm³/mol. The fourth-order valence-electron chi connectivity index (χ4n) is 1.40. The summed E-state index contributed by atoms with van der Waals surface area (Å²) in [6.45, 7) is -0.224. The van der Waals surface area contributed by atoms with Crippen LogP contribution in [0, 0.1) is 0 Å². The Morgan fingerprint density at radius 2 is 2.39 bits per heavy atom. The molecule has 0 saturated heterocycles. The highest BCUT2D eigenvalue weighted by Crippen LogP contribution is 2.14. The maximum Gasteiger partial charge on any atom is 0.325 e. The molecule has 18 heavy (non-hydrogen) atoms. The zero-order valence-corrected chi connectivity index (χ0v) is 10.5. The Hall–Kier alpha value is -1.90. The van der Waals surface area contributed by atoms with Crippen LogP contribution in [0.2, 0.25) is 0 Å². The fraction of sp³-hybridized carbons (Fsp3) is 0.444. The molecule has 2 rings (SSSR count). The molecule has 0 saturated carbocycles. The molecule has 0 aliphatic heterocycles. The lowest BCUT2D eigenvalue weighted by Crippen LogP contribution is -2.11. The molecule has 96 valence electrons. The monoisotopic (exact) mass is 268 g/mol. The highest BCUT2D eigenvalue weighted by atomic mass is 32.2. The van der Waals surface area contributed by atoms with E-state index in [0.717, 1.165) is 18.0 Å². The number of tetrazole rings is 1. The molecule has 0 spiro atoms. The number of aliphatic carboxylic acids is 1. The van der Waals surface area contributed by atoms with Crippen molar-refractivity contribution < 1.29 is 9.90 Å². The summed E-state index contributed by atoms with van der Waals surface area (Å²) in [7, 11) is 1.93. The number of aryl methyl sites for hydroxylation is 2. The molecular weight excluding hydrogens is 256 g/mol. The molecule has 9 heteroatoms. The Morgan fingerprint density at radius 1 is 1.56 bits per heavy atom. The van der Waals surface area contributed by atoms with Gasteiger partial charge in [-0.05, 0) is 10.4 Å². The molecule has 0 fully saturated rings. The van der Waals surface area contributed by atoms with Crippen molar-refractivity contribution in [1.29, 1.82) is 0 Å². The number of rotatable bonds is 6. The van der Waals surface area contributed by atoms with E-state index in [-0.39, 0.29) is 6.54 Å². The summed E-state index contributed by atoms with van der Waals surface area (Å²) >= 11 is 1.41. The molecule has 8 nitrogen and oxygen atoms in total. The Labute approximate surface area is 107 Å². The second kappa shape index (κ2) is 5.63. The van der Waals surface area contributed by atoms with E-state index < -0.39 is 5.97 Å². The van der Waals surface area contributed by atoms with E-state index in [4.69, 9.17) is 5.11 Å². The number of aromatic nitrogens is 6. The third-order valence-electron chi connectivity index (χ3n) is 2.26. The van der Waals surface area contributed by atoms with E-state index in [0.29, 0.717) is 5.16 Å². The number of hydrogen-bond acceptors (Lipinski definition) is 6. The Bertz CT molecular complexity index is 537. The highest BCUT2D eigenvalue weighted by molar-refractivity contribution is 7.99. The summed E-state index contributed by atoms with van der Waals surface area (Å²) in [5.74, 6) is 0.748. The maximum absolute atomic E-state index is 10.6. The topological polar surface area (TPSA) is 98.7 Å². The molecular formula is C9H12N6O2S. The van der Waals surface area contributed by atoms with Crippen molar-refractivity contribution in [2.75, 3.05) is 5.75 Å². The summed E-state index contributed by atoms with van der Waals surface area (Å²) in [4.78, 5) is 14.8. The first-order chi connectivity index (χ1) is 8.66. The average molecular weight is 268 g/mol. The number of carbonyl (C=O) groups is 1. The van der Waals surface area contributed by atoms with Gasteiger partial charge in [-0.25, -0.2) is 9.67 Å². The Kier molecular flexibility index (Phi) is 3.92. The van der Waals surface area contributed by atoms with Crippen molar-refractivity contribution in [2.45, 2.75) is 18.1 Å². The van der Waals surface area contributed by atoms with Crippen molar-refractivity contribution in [3.63, 3.8) is 0 Å². The number of imidazole rings is 1. The second-order valence-electron chi connectivity index (χ2n) is 3.57. The summed E-state index contributed by atoms with van der Waals surface area (Å²) in [5, 5.41) is 20.1. The average Bonchev–Trinajstić information content (AvgIpc) is 2.89. The van der Waals surface area contributed by atoms with Gasteiger partial charge in [0.15, 0.2) is 0 Å². The molecule has 0 aromatic carbocycles. The summed E-state index contributed by atoms with van der Waals surface area (Å²) in [5.41, 5.74) is 0. The molecule has 0 amide bonds. The van der Waals surface area contributed by atoms with Gasteiger partial charge in [-0.1, -0.05) is 11.8 Å². The molecule has 0 radical (unpaired) electrons. The zero-order chi connectivity index (χ0) is 13.0. The maximum atomic E-state index is 10.6. The van der Waals surface area contributed by atoms with Gasteiger partial charge in [-0.3, -0.25) is 4.79 Å². The van der Waals surface area contributed by atoms with Gasteiger partial charge in [0.25, 0.3) is 0 Å². The molecule has 0 atom stereocenters. The van der Waals surface area contributed by atoms with Crippen molar-refractivity contribution in [3.05, 3.63) is 18.2 Å². The first kappa shape index (κ1) is 12.6. The first-order valence-corrected chi connectivity index (χ1v) is 6.22. The van der Waals surface area contributed by atoms with Crippen LogP contribution in [0.4, 0.5) is 0 Å². The van der Waals surface area contributed by atoms with Crippen LogP contribution in [0.3, 0.4) is 0 Å². The number of hydrogen-bond donors (Lipinski definition) is 1. The number of carboxylic acid groups (broad SMARTS) is 1. The van der Waals surface area contributed by atoms with Crippen LogP contribution in [0.1, 0.15) is 5.82 Å². The summed E-state index contributed by atoms with van der Waals surface area (Å²) in [6.07, 6.45) is 4.40. The van der Waals surface area contributed by atoms with Gasteiger partial charge in [-0.15, -0.1) is 5.10 Å². The van der Waals surface area contributed by atoms with E-state index in [1.165, 1.54) is 16.4 Å². The fourth-order valence-corrected chi connectivity index (χ4v) is 2.21. The normalized spacial score (nSPS) is 10.7. The van der Waals surface area contributed by atoms with Gasteiger partial charge in [0.2, 0.25) is 5.16 Å². The quantitative estimate of drug-likeness (QED) is 0.726. The lowest BCUT2D eigenvalue weighted by atomic mass is 10.4. The molecule has 2 aromatic rings. The van der Waals surface area contributed by atoms with Gasteiger partial charge in [0.1, 0.15) is 12.4 Å². The molecule has 2 aromatic heterocycles. The van der Waals surface area contributed by atoms with Crippen molar-refractivity contribution >= 4 is 17.7 Å². The summed E-state index contributed by atoms with van der Waals surface area (Å²) < 4.78 is 3.21. The number of nitrogens with zero attached hydrogens (tertiary/aromatic N) is 6. The SMILES string of the molecule is Cn1ccnc1CCSc1nnnn1CC(=O)O. The van der Waals surface area contributed by atoms with E-state index in [9.17, 15) is 4.79 Å². The minimum Gasteiger partial charge on any atom is -0.480 e. The van der Waals surface area contributed by atoms with Crippen LogP contribution in [0.15, 0.2) is 17.6 Å². The van der Waals surface area contributed by atoms with E-state index in [1.807, 2.05) is 17.8 Å². The van der Waals surface area contributed by atoms with Crippen LogP contribution in [-0.2, 0) is 24.8 Å². The third kappa shape index (κ3) is 3.06. The minimum absolute atomic E-state index is 0.224. The number of carboxylic acids is 1. The molecule has 0 bridgehead atoms. The van der Waals surface area contributed by atoms with Gasteiger partial charge in [0, 0.05) is 31.6 Å². The number of thioether (sulfide) groups is 1. The Morgan fingerprint density at radius 3 is 3.06 bits per heavy atom. The molecule has 0 aliphatic carbocycles. The zero-order valence-electron chi connectivity index (χ0n) is 9.72. The van der Waals surface area contributed by atoms with Crippen LogP contribution in [0.25, 0.3) is 0 Å². The minimum atomic E-state index is -0.965. The van der Waals surface area contributed by atoms with E-state index >= 15 is 0 Å². The Balaban J connectivity index is 1.89. The van der Waals surface area contributed by atoms with Gasteiger partial charge in [0.05, 0.1) is 0 Å². The largest absolute Gasteiger partial charge is 0.480 e. The van der Waals surface area contributed by atoms with Gasteiger partial charge < -0.3 is 9.67 Å². The lowest BCUT2D eigenvalue weighted by molar-refractivity contribution is -0.138. The van der Waals surface area contributed by atoms with E-state index in [2.05, 4.69) is 20.5 Å². The van der Waals surface area contributed by atoms with Crippen LogP contribution in [0.5, 0.6) is 0 Å². The predicted octanol–water partition coefficient (Wildman–Crippen LogP) is -0.174. The van der Waals surface area contributed by atoms with Crippen molar-refractivity contribution in [1.82, 2.24) is 29.8 Å². The molecule has 1 N–H and O–H groups in total. The van der Waals surface area contributed by atoms with Crippen molar-refractivity contribution in [2.24, 2.45) is 7.05 Å². The van der Waals surface area contributed by atoms with Gasteiger partial charge >= 0.3 is 5.97 Å². The van der Waals surface area contributed by atoms with Gasteiger partial charge in [-0.2, -0.15) is 0 Å². The smallest absolute Gasteiger partial charge is 0.325 e. The molecule has 2 heterocycles. The first-order valence-electron chi connectivity index (χ1n) is 5.24. The molecule has 0 unspecified atom stereocenters. The van der Waals surface area contributed by atoms with Crippen LogP contribution in [-0.4, -0.2) is 46.6 Å². The summed E-state index contributed by atoms with van der Waals surface area (Å²) in [6, 6.07) is 0. The van der Waals surface area contributed by atoms with Crippen LogP contribution < -0.4 is 0 Å². The highest BCUT2D eigenvalue weighted by Gasteiger charge is 2.10. The second-order valence-corrected chi connectivity index (χ2v) is 4.63. The molecule has 0 aliphatic rings. The van der Waals surface area contributed by atoms with Crippen molar-refractivity contribution in [3.8, 4) is 0 Å². The standard InChI is InChI=1S/C9H12N6O2S/c1-14-4-3-10-7(14)2-5-18-9-11-12-13-15(9)6-8(16)17/h3-4H,2,5-6H2,1H3,(H,16,17). The van der Waals surface area contributed by atoms with Crippen LogP contribution >= 0.6 is 11.8 Å². The lowest BCUT2D eigenvalue weighted by Gasteiger charge is -2.02. The third-order valence-corrected chi connectivity index (χ3v) is 3.22.